The second kappa shape index (κ2) is 10.2. The summed E-state index contributed by atoms with van der Waals surface area (Å²) in [4.78, 5) is 15.6. The molecule has 0 aliphatic carbocycles. The largest absolute Gasteiger partial charge is 0.378 e. The van der Waals surface area contributed by atoms with Crippen molar-refractivity contribution >= 4 is 28.3 Å². The minimum atomic E-state index is -0.187. The molecule has 1 aromatic carbocycles. The summed E-state index contributed by atoms with van der Waals surface area (Å²) in [6, 6.07) is 5.46. The van der Waals surface area contributed by atoms with Crippen molar-refractivity contribution in [3.05, 3.63) is 35.4 Å². The van der Waals surface area contributed by atoms with Crippen LogP contribution >= 0.6 is 11.5 Å². The van der Waals surface area contributed by atoms with Gasteiger partial charge in [-0.3, -0.25) is 4.99 Å². The van der Waals surface area contributed by atoms with Gasteiger partial charge in [-0.1, -0.05) is 13.0 Å². The first kappa shape index (κ1) is 21.8. The molecule has 2 fully saturated rings. The zero-order valence-corrected chi connectivity index (χ0v) is 19.0. The second-order valence-corrected chi connectivity index (χ2v) is 8.34. The second-order valence-electron chi connectivity index (χ2n) is 7.61. The molecule has 0 spiro atoms. The quantitative estimate of drug-likeness (QED) is 0.555. The Bertz CT molecular complexity index is 892. The Morgan fingerprint density at radius 2 is 1.94 bits per heavy atom. The molecule has 2 aliphatic heterocycles. The van der Waals surface area contributed by atoms with E-state index in [1.165, 1.54) is 11.5 Å². The minimum Gasteiger partial charge on any atom is -0.378 e. The average molecular weight is 448 g/mol. The molecule has 0 bridgehead atoms. The number of benzene rings is 1. The van der Waals surface area contributed by atoms with E-state index in [1.54, 1.807) is 13.1 Å². The molecule has 0 amide bonds. The van der Waals surface area contributed by atoms with Gasteiger partial charge >= 0.3 is 0 Å². The Morgan fingerprint density at radius 1 is 1.16 bits per heavy atom. The highest BCUT2D eigenvalue weighted by Gasteiger charge is 2.22. The zero-order valence-electron chi connectivity index (χ0n) is 18.2. The molecule has 1 aromatic heterocycles. The number of hydrogen-bond acceptors (Lipinski definition) is 7. The van der Waals surface area contributed by atoms with Crippen molar-refractivity contribution in [1.29, 1.82) is 0 Å². The van der Waals surface area contributed by atoms with Crippen LogP contribution in [0.25, 0.3) is 0 Å². The van der Waals surface area contributed by atoms with Crippen LogP contribution in [0.1, 0.15) is 18.3 Å². The SMILES string of the molecule is CCc1nsc(N2CCN(C(=NC)NCc3ccc(N4CCOCC4)c(F)c3)CC2)n1. The first-order valence-corrected chi connectivity index (χ1v) is 11.6. The van der Waals surface area contributed by atoms with E-state index >= 15 is 0 Å². The Hall–Kier alpha value is -2.46. The predicted octanol–water partition coefficient (Wildman–Crippen LogP) is 1.97. The lowest BCUT2D eigenvalue weighted by Gasteiger charge is -2.36. The lowest BCUT2D eigenvalue weighted by molar-refractivity contribution is 0.122. The number of ether oxygens (including phenoxy) is 1. The fraction of sp³-hybridized carbons (Fsp3) is 0.571. The van der Waals surface area contributed by atoms with Gasteiger partial charge in [0.15, 0.2) is 5.96 Å². The van der Waals surface area contributed by atoms with Crippen LogP contribution in [0.5, 0.6) is 0 Å². The molecule has 2 saturated heterocycles. The number of aromatic nitrogens is 2. The van der Waals surface area contributed by atoms with Gasteiger partial charge in [-0.2, -0.15) is 4.37 Å². The average Bonchev–Trinajstić information content (AvgIpc) is 3.30. The van der Waals surface area contributed by atoms with Crippen LogP contribution in [-0.4, -0.2) is 79.7 Å². The molecular formula is C21H30FN7OS. The number of guanidine groups is 1. The van der Waals surface area contributed by atoms with E-state index in [-0.39, 0.29) is 5.82 Å². The summed E-state index contributed by atoms with van der Waals surface area (Å²) in [5.74, 6) is 1.56. The number of piperazine rings is 1. The van der Waals surface area contributed by atoms with Gasteiger partial charge in [0.1, 0.15) is 11.6 Å². The molecule has 1 N–H and O–H groups in total. The number of nitrogens with zero attached hydrogens (tertiary/aromatic N) is 6. The minimum absolute atomic E-state index is 0.187. The third-order valence-corrected chi connectivity index (χ3v) is 6.46. The highest BCUT2D eigenvalue weighted by Crippen LogP contribution is 2.22. The van der Waals surface area contributed by atoms with E-state index in [9.17, 15) is 4.39 Å². The molecule has 31 heavy (non-hydrogen) atoms. The standard InChI is InChI=1S/C21H30FN7OS/c1-3-19-25-21(31-26-19)29-8-6-28(7-9-29)20(23-2)24-15-16-4-5-18(17(22)14-16)27-10-12-30-13-11-27/h4-5,14H,3,6-13,15H2,1-2H3,(H,23,24). The molecular weight excluding hydrogens is 417 g/mol. The van der Waals surface area contributed by atoms with Gasteiger partial charge in [0.2, 0.25) is 5.13 Å². The number of nitrogens with one attached hydrogen (secondary N) is 1. The van der Waals surface area contributed by atoms with Gasteiger partial charge < -0.3 is 24.8 Å². The molecule has 0 radical (unpaired) electrons. The van der Waals surface area contributed by atoms with E-state index in [0.717, 1.165) is 68.2 Å². The summed E-state index contributed by atoms with van der Waals surface area (Å²) in [7, 11) is 1.79. The summed E-state index contributed by atoms with van der Waals surface area (Å²) in [5, 5.41) is 4.38. The highest BCUT2D eigenvalue weighted by molar-refractivity contribution is 7.09. The summed E-state index contributed by atoms with van der Waals surface area (Å²) in [6.45, 7) is 8.80. The maximum atomic E-state index is 14.7. The van der Waals surface area contributed by atoms with Crippen molar-refractivity contribution in [1.82, 2.24) is 19.6 Å². The van der Waals surface area contributed by atoms with Crippen LogP contribution in [0, 0.1) is 5.82 Å². The third-order valence-electron chi connectivity index (χ3n) is 5.65. The number of aliphatic imine (C=N–C) groups is 1. The van der Waals surface area contributed by atoms with Crippen molar-refractivity contribution in [3.63, 3.8) is 0 Å². The summed E-state index contributed by atoms with van der Waals surface area (Å²) in [5.41, 5.74) is 1.55. The lowest BCUT2D eigenvalue weighted by Crippen LogP contribution is -2.52. The molecule has 10 heteroatoms. The Balaban J connectivity index is 1.30. The van der Waals surface area contributed by atoms with Crippen LogP contribution < -0.4 is 15.1 Å². The van der Waals surface area contributed by atoms with Crippen molar-refractivity contribution < 1.29 is 9.13 Å². The summed E-state index contributed by atoms with van der Waals surface area (Å²) < 4.78 is 24.4. The van der Waals surface area contributed by atoms with Crippen LogP contribution in [0.4, 0.5) is 15.2 Å². The molecule has 4 rings (SSSR count). The van der Waals surface area contributed by atoms with E-state index in [4.69, 9.17) is 4.74 Å². The molecule has 8 nitrogen and oxygen atoms in total. The van der Waals surface area contributed by atoms with Crippen LogP contribution in [0.15, 0.2) is 23.2 Å². The number of halogens is 1. The number of aryl methyl sites for hydroxylation is 1. The first-order chi connectivity index (χ1) is 15.2. The van der Waals surface area contributed by atoms with Crippen LogP contribution in [-0.2, 0) is 17.7 Å². The van der Waals surface area contributed by atoms with Crippen molar-refractivity contribution in [3.8, 4) is 0 Å². The molecule has 3 heterocycles. The van der Waals surface area contributed by atoms with Gasteiger partial charge in [0, 0.05) is 70.8 Å². The van der Waals surface area contributed by atoms with Gasteiger partial charge in [-0.25, -0.2) is 9.37 Å². The molecule has 2 aliphatic rings. The van der Waals surface area contributed by atoms with Gasteiger partial charge in [-0.05, 0) is 17.7 Å². The van der Waals surface area contributed by atoms with Crippen molar-refractivity contribution in [2.75, 3.05) is 69.3 Å². The van der Waals surface area contributed by atoms with Crippen LogP contribution in [0.3, 0.4) is 0 Å². The van der Waals surface area contributed by atoms with Crippen molar-refractivity contribution in [2.45, 2.75) is 19.9 Å². The Labute approximate surface area is 186 Å². The highest BCUT2D eigenvalue weighted by atomic mass is 32.1. The monoisotopic (exact) mass is 447 g/mol. The Kier molecular flexibility index (Phi) is 7.18. The zero-order chi connectivity index (χ0) is 21.6. The Morgan fingerprint density at radius 3 is 2.58 bits per heavy atom. The van der Waals surface area contributed by atoms with Crippen LogP contribution in [0.2, 0.25) is 0 Å². The van der Waals surface area contributed by atoms with E-state index < -0.39 is 0 Å². The maximum Gasteiger partial charge on any atom is 0.205 e. The molecule has 0 unspecified atom stereocenters. The number of hydrogen-bond donors (Lipinski definition) is 1. The summed E-state index contributed by atoms with van der Waals surface area (Å²) in [6.07, 6.45) is 0.862. The van der Waals surface area contributed by atoms with E-state index in [2.05, 4.69) is 36.4 Å². The fourth-order valence-corrected chi connectivity index (χ4v) is 4.66. The smallest absolute Gasteiger partial charge is 0.205 e. The molecule has 0 atom stereocenters. The number of rotatable bonds is 5. The third kappa shape index (κ3) is 5.24. The maximum absolute atomic E-state index is 14.7. The van der Waals surface area contributed by atoms with Gasteiger partial charge in [-0.15, -0.1) is 0 Å². The van der Waals surface area contributed by atoms with Crippen molar-refractivity contribution in [2.24, 2.45) is 4.99 Å². The summed E-state index contributed by atoms with van der Waals surface area (Å²) >= 11 is 1.47. The normalized spacial score (nSPS) is 17.9. The lowest BCUT2D eigenvalue weighted by atomic mass is 10.1. The first-order valence-electron chi connectivity index (χ1n) is 10.8. The van der Waals surface area contributed by atoms with E-state index in [1.807, 2.05) is 17.0 Å². The number of anilines is 2. The molecule has 2 aromatic rings. The fourth-order valence-electron chi connectivity index (χ4n) is 3.86. The predicted molar refractivity (Wildman–Crippen MR) is 123 cm³/mol. The topological polar surface area (TPSA) is 69.1 Å². The van der Waals surface area contributed by atoms with Gasteiger partial charge in [0.05, 0.1) is 18.9 Å². The molecule has 168 valence electrons. The van der Waals surface area contributed by atoms with Gasteiger partial charge in [0.25, 0.3) is 0 Å². The molecule has 0 saturated carbocycles. The van der Waals surface area contributed by atoms with E-state index in [0.29, 0.717) is 25.4 Å². The number of morpholine rings is 1.